The van der Waals surface area contributed by atoms with Gasteiger partial charge in [-0.05, 0) is 19.3 Å². The molecule has 0 aromatic carbocycles. The lowest BCUT2D eigenvalue weighted by molar-refractivity contribution is -0.138. The number of aromatic nitrogens is 2. The Hall–Kier alpha value is -1.98. The van der Waals surface area contributed by atoms with Gasteiger partial charge in [-0.3, -0.25) is 9.59 Å². The van der Waals surface area contributed by atoms with E-state index in [0.29, 0.717) is 25.2 Å². The minimum atomic E-state index is -0.302. The summed E-state index contributed by atoms with van der Waals surface area (Å²) in [5, 5.41) is 0. The number of nitrogens with zero attached hydrogens (tertiary/aromatic N) is 4. The number of rotatable bonds is 1. The van der Waals surface area contributed by atoms with Crippen LogP contribution in [0.15, 0.2) is 18.7 Å². The molecule has 2 amide bonds. The van der Waals surface area contributed by atoms with Crippen molar-refractivity contribution < 1.29 is 9.59 Å². The normalized spacial score (nSPS) is 24.1. The zero-order valence-electron chi connectivity index (χ0n) is 10.7. The van der Waals surface area contributed by atoms with Crippen LogP contribution in [0.5, 0.6) is 0 Å². The topological polar surface area (TPSA) is 66.4 Å². The molecule has 2 fully saturated rings. The predicted molar refractivity (Wildman–Crippen MR) is 68.4 cm³/mol. The molecule has 0 aliphatic carbocycles. The van der Waals surface area contributed by atoms with Crippen LogP contribution in [0.3, 0.4) is 0 Å². The largest absolute Gasteiger partial charge is 0.331 e. The third-order valence-electron chi connectivity index (χ3n) is 3.78. The minimum absolute atomic E-state index is 0.000324. The fraction of sp³-hybridized carbons (Fsp3) is 0.538. The number of anilines is 1. The number of hydrogen-bond acceptors (Lipinski definition) is 4. The molecular formula is C13H16N4O2. The summed E-state index contributed by atoms with van der Waals surface area (Å²) in [5.74, 6) is 0.0812. The second-order valence-electron chi connectivity index (χ2n) is 4.94. The van der Waals surface area contributed by atoms with Crippen LogP contribution in [0.4, 0.5) is 5.69 Å². The number of hydrogen-bond donors (Lipinski definition) is 0. The van der Waals surface area contributed by atoms with E-state index in [1.165, 1.54) is 6.33 Å². The van der Waals surface area contributed by atoms with E-state index in [-0.39, 0.29) is 17.9 Å². The van der Waals surface area contributed by atoms with Crippen molar-refractivity contribution in [3.63, 3.8) is 0 Å². The van der Waals surface area contributed by atoms with E-state index in [1.807, 2.05) is 0 Å². The number of piperidine rings is 1. The smallest absolute Gasteiger partial charge is 0.249 e. The summed E-state index contributed by atoms with van der Waals surface area (Å²) in [6.45, 7) is 1.12. The Morgan fingerprint density at radius 2 is 1.89 bits per heavy atom. The second kappa shape index (κ2) is 4.95. The van der Waals surface area contributed by atoms with E-state index in [1.54, 1.807) is 22.2 Å². The second-order valence-corrected chi connectivity index (χ2v) is 4.94. The van der Waals surface area contributed by atoms with Crippen molar-refractivity contribution >= 4 is 17.5 Å². The molecule has 0 saturated carbocycles. The van der Waals surface area contributed by atoms with E-state index >= 15 is 0 Å². The maximum Gasteiger partial charge on any atom is 0.249 e. The molecule has 100 valence electrons. The van der Waals surface area contributed by atoms with E-state index in [4.69, 9.17) is 0 Å². The Morgan fingerprint density at radius 3 is 2.68 bits per heavy atom. The van der Waals surface area contributed by atoms with Gasteiger partial charge < -0.3 is 9.80 Å². The Bertz CT molecular complexity index is 491. The van der Waals surface area contributed by atoms with Crippen LogP contribution >= 0.6 is 0 Å². The number of carbonyl (C=O) groups is 2. The highest BCUT2D eigenvalue weighted by Gasteiger charge is 2.38. The van der Waals surface area contributed by atoms with Gasteiger partial charge in [0.25, 0.3) is 0 Å². The van der Waals surface area contributed by atoms with Crippen LogP contribution in [0.25, 0.3) is 0 Å². The molecule has 1 atom stereocenters. The van der Waals surface area contributed by atoms with Crippen LogP contribution in [-0.4, -0.2) is 45.8 Å². The summed E-state index contributed by atoms with van der Waals surface area (Å²) in [6, 6.07) is -0.302. The van der Waals surface area contributed by atoms with Gasteiger partial charge in [0, 0.05) is 19.5 Å². The van der Waals surface area contributed by atoms with Crippen LogP contribution in [0.2, 0.25) is 0 Å². The molecule has 3 rings (SSSR count). The minimum Gasteiger partial charge on any atom is -0.331 e. The van der Waals surface area contributed by atoms with E-state index in [0.717, 1.165) is 19.3 Å². The molecule has 0 N–H and O–H groups in total. The highest BCUT2D eigenvalue weighted by Crippen LogP contribution is 2.25. The number of fused-ring (bicyclic) bond motifs is 1. The Labute approximate surface area is 111 Å². The lowest BCUT2D eigenvalue weighted by atomic mass is 10.0. The van der Waals surface area contributed by atoms with Crippen LogP contribution in [0.1, 0.15) is 25.7 Å². The van der Waals surface area contributed by atoms with E-state index in [2.05, 4.69) is 9.97 Å². The lowest BCUT2D eigenvalue weighted by Crippen LogP contribution is -2.49. The van der Waals surface area contributed by atoms with Gasteiger partial charge in [0.1, 0.15) is 12.4 Å². The van der Waals surface area contributed by atoms with Gasteiger partial charge in [0.05, 0.1) is 18.1 Å². The summed E-state index contributed by atoms with van der Waals surface area (Å²) in [5.41, 5.74) is 0.674. The van der Waals surface area contributed by atoms with Gasteiger partial charge in [-0.1, -0.05) is 0 Å². The molecule has 0 radical (unpaired) electrons. The molecule has 0 bridgehead atoms. The maximum absolute atomic E-state index is 12.6. The summed E-state index contributed by atoms with van der Waals surface area (Å²) >= 11 is 0. The number of amides is 2. The SMILES string of the molecule is O=C1C2CCCCN2C(=O)CCN1c1cncnc1. The maximum atomic E-state index is 12.6. The monoisotopic (exact) mass is 260 g/mol. The summed E-state index contributed by atoms with van der Waals surface area (Å²) in [6.07, 6.45) is 7.79. The zero-order chi connectivity index (χ0) is 13.2. The van der Waals surface area contributed by atoms with Crippen molar-refractivity contribution in [2.24, 2.45) is 0 Å². The third kappa shape index (κ3) is 2.18. The van der Waals surface area contributed by atoms with Crippen LogP contribution in [-0.2, 0) is 9.59 Å². The van der Waals surface area contributed by atoms with E-state index in [9.17, 15) is 9.59 Å². The molecule has 2 saturated heterocycles. The summed E-state index contributed by atoms with van der Waals surface area (Å²) in [4.78, 5) is 36.0. The first kappa shape index (κ1) is 12.1. The van der Waals surface area contributed by atoms with Crippen LogP contribution in [0, 0.1) is 0 Å². The van der Waals surface area contributed by atoms with Crippen molar-refractivity contribution in [1.29, 1.82) is 0 Å². The van der Waals surface area contributed by atoms with Gasteiger partial charge in [0.2, 0.25) is 11.8 Å². The first-order valence-electron chi connectivity index (χ1n) is 6.63. The van der Waals surface area contributed by atoms with Crippen LogP contribution < -0.4 is 4.90 Å². The Kier molecular flexibility index (Phi) is 3.15. The molecule has 3 heterocycles. The highest BCUT2D eigenvalue weighted by atomic mass is 16.2. The van der Waals surface area contributed by atoms with Gasteiger partial charge in [-0.2, -0.15) is 0 Å². The molecular weight excluding hydrogens is 244 g/mol. The third-order valence-corrected chi connectivity index (χ3v) is 3.78. The molecule has 0 spiro atoms. The van der Waals surface area contributed by atoms with Crippen molar-refractivity contribution in [3.8, 4) is 0 Å². The van der Waals surface area contributed by atoms with Gasteiger partial charge in [-0.25, -0.2) is 9.97 Å². The molecule has 6 nitrogen and oxygen atoms in total. The average molecular weight is 260 g/mol. The summed E-state index contributed by atoms with van der Waals surface area (Å²) in [7, 11) is 0. The summed E-state index contributed by atoms with van der Waals surface area (Å²) < 4.78 is 0. The van der Waals surface area contributed by atoms with Crippen molar-refractivity contribution in [1.82, 2.24) is 14.9 Å². The zero-order valence-corrected chi connectivity index (χ0v) is 10.7. The standard InChI is InChI=1S/C13H16N4O2/c18-12-4-6-16(10-7-14-9-15-8-10)13(19)11-3-1-2-5-17(11)12/h7-9,11H,1-6H2. The molecule has 2 aliphatic heterocycles. The van der Waals surface area contributed by atoms with E-state index < -0.39 is 0 Å². The fourth-order valence-electron chi connectivity index (χ4n) is 2.81. The molecule has 2 aliphatic rings. The quantitative estimate of drug-likeness (QED) is 0.741. The first-order valence-corrected chi connectivity index (χ1v) is 6.63. The average Bonchev–Trinajstić information content (AvgIpc) is 2.59. The van der Waals surface area contributed by atoms with Crippen molar-refractivity contribution in [3.05, 3.63) is 18.7 Å². The van der Waals surface area contributed by atoms with Gasteiger partial charge >= 0.3 is 0 Å². The number of carbonyl (C=O) groups excluding carboxylic acids is 2. The Balaban J connectivity index is 1.91. The fourth-order valence-corrected chi connectivity index (χ4v) is 2.81. The van der Waals surface area contributed by atoms with Gasteiger partial charge in [0.15, 0.2) is 0 Å². The molecule has 1 unspecified atom stereocenters. The highest BCUT2D eigenvalue weighted by molar-refractivity contribution is 6.01. The van der Waals surface area contributed by atoms with Crippen molar-refractivity contribution in [2.45, 2.75) is 31.7 Å². The van der Waals surface area contributed by atoms with Gasteiger partial charge in [-0.15, -0.1) is 0 Å². The molecule has 6 heteroatoms. The molecule has 1 aromatic rings. The Morgan fingerprint density at radius 1 is 1.11 bits per heavy atom. The molecule has 1 aromatic heterocycles. The first-order chi connectivity index (χ1) is 9.27. The predicted octanol–water partition coefficient (Wildman–Crippen LogP) is 0.594. The molecule has 19 heavy (non-hydrogen) atoms. The lowest BCUT2D eigenvalue weighted by Gasteiger charge is -2.34. The van der Waals surface area contributed by atoms with Crippen molar-refractivity contribution in [2.75, 3.05) is 18.0 Å².